The molecule has 3 rings (SSSR count). The van der Waals surface area contributed by atoms with Gasteiger partial charge in [-0.05, 0) is 46.2 Å². The maximum absolute atomic E-state index is 10.8. The lowest BCUT2D eigenvalue weighted by molar-refractivity contribution is -0.0593. The minimum Gasteiger partial charge on any atom is -0.493 e. The molecule has 196 valence electrons. The highest BCUT2D eigenvalue weighted by atomic mass is 16.5. The van der Waals surface area contributed by atoms with Crippen molar-refractivity contribution in [3.05, 3.63) is 60.2 Å². The summed E-state index contributed by atoms with van der Waals surface area (Å²) in [5.41, 5.74) is 2.52. The number of aliphatic hydroxyl groups excluding tert-OH is 1. The normalized spacial score (nSPS) is 13.6. The molecule has 0 aliphatic heterocycles. The average Bonchev–Trinajstić information content (AvgIpc) is 3.17. The summed E-state index contributed by atoms with van der Waals surface area (Å²) in [7, 11) is 3.52. The molecular formula is C29H41N3O4. The molecule has 0 amide bonds. The van der Waals surface area contributed by atoms with Gasteiger partial charge in [-0.15, -0.1) is 0 Å². The monoisotopic (exact) mass is 495 g/mol. The van der Waals surface area contributed by atoms with E-state index in [0.29, 0.717) is 30.5 Å². The number of aromatic nitrogens is 2. The van der Waals surface area contributed by atoms with E-state index in [2.05, 4.69) is 30.9 Å². The first-order valence-corrected chi connectivity index (χ1v) is 12.6. The van der Waals surface area contributed by atoms with Crippen LogP contribution >= 0.6 is 0 Å². The van der Waals surface area contributed by atoms with E-state index in [1.807, 2.05) is 70.3 Å². The quantitative estimate of drug-likeness (QED) is 0.349. The molecule has 1 heterocycles. The van der Waals surface area contributed by atoms with Crippen LogP contribution in [0.4, 0.5) is 0 Å². The predicted octanol–water partition coefficient (Wildman–Crippen LogP) is 5.66. The Hall–Kier alpha value is -2.87. The minimum atomic E-state index is -0.617. The van der Waals surface area contributed by atoms with Crippen molar-refractivity contribution in [1.82, 2.24) is 14.7 Å². The lowest BCUT2D eigenvalue weighted by Gasteiger charge is -2.31. The van der Waals surface area contributed by atoms with Crippen molar-refractivity contribution in [2.24, 2.45) is 7.05 Å². The number of aryl methyl sites for hydroxylation is 1. The molecule has 0 saturated heterocycles. The fraction of sp³-hybridized carbons (Fsp3) is 0.483. The highest BCUT2D eigenvalue weighted by Gasteiger charge is 2.26. The smallest absolute Gasteiger partial charge is 0.222 e. The van der Waals surface area contributed by atoms with Crippen LogP contribution in [0.5, 0.6) is 17.4 Å². The Labute approximate surface area is 215 Å². The summed E-state index contributed by atoms with van der Waals surface area (Å²) in [5.74, 6) is 1.92. The number of rotatable bonds is 12. The van der Waals surface area contributed by atoms with E-state index in [0.717, 1.165) is 23.2 Å². The Balaban J connectivity index is 1.99. The zero-order chi connectivity index (χ0) is 26.3. The first-order chi connectivity index (χ1) is 17.1. The van der Waals surface area contributed by atoms with Gasteiger partial charge in [-0.3, -0.25) is 4.90 Å². The molecule has 1 N–H and O–H groups in total. The van der Waals surface area contributed by atoms with Gasteiger partial charge >= 0.3 is 0 Å². The third-order valence-electron chi connectivity index (χ3n) is 6.14. The van der Waals surface area contributed by atoms with Gasteiger partial charge in [0, 0.05) is 31.7 Å². The van der Waals surface area contributed by atoms with Gasteiger partial charge < -0.3 is 19.3 Å². The number of hydrogen-bond acceptors (Lipinski definition) is 6. The van der Waals surface area contributed by atoms with Crippen molar-refractivity contribution >= 4 is 0 Å². The number of nitrogens with zero attached hydrogens (tertiary/aromatic N) is 3. The second-order valence-electron chi connectivity index (χ2n) is 10.1. The van der Waals surface area contributed by atoms with Crippen LogP contribution < -0.4 is 9.47 Å². The van der Waals surface area contributed by atoms with Crippen LogP contribution in [-0.4, -0.2) is 57.8 Å². The average molecular weight is 496 g/mol. The topological polar surface area (TPSA) is 69.0 Å². The summed E-state index contributed by atoms with van der Waals surface area (Å²) in [6.07, 6.45) is 0.324. The van der Waals surface area contributed by atoms with Crippen LogP contribution in [0.3, 0.4) is 0 Å². The van der Waals surface area contributed by atoms with Crippen LogP contribution in [0, 0.1) is 0 Å². The maximum Gasteiger partial charge on any atom is 0.222 e. The van der Waals surface area contributed by atoms with E-state index in [9.17, 15) is 5.11 Å². The van der Waals surface area contributed by atoms with Crippen molar-refractivity contribution in [3.8, 4) is 28.6 Å². The van der Waals surface area contributed by atoms with E-state index in [4.69, 9.17) is 19.3 Å². The highest BCUT2D eigenvalue weighted by Crippen LogP contribution is 2.37. The Bertz CT molecular complexity index is 1090. The first-order valence-electron chi connectivity index (χ1n) is 12.6. The van der Waals surface area contributed by atoms with Crippen LogP contribution in [0.2, 0.25) is 0 Å². The van der Waals surface area contributed by atoms with E-state index in [-0.39, 0.29) is 18.2 Å². The lowest BCUT2D eigenvalue weighted by Crippen LogP contribution is -2.41. The summed E-state index contributed by atoms with van der Waals surface area (Å²) in [6.45, 7) is 11.6. The third-order valence-corrected chi connectivity index (χ3v) is 6.14. The molecule has 0 saturated carbocycles. The summed E-state index contributed by atoms with van der Waals surface area (Å²) in [6, 6.07) is 17.9. The molecule has 0 aliphatic carbocycles. The molecule has 0 spiro atoms. The van der Waals surface area contributed by atoms with Gasteiger partial charge in [0.15, 0.2) is 11.5 Å². The van der Waals surface area contributed by atoms with E-state index in [1.54, 1.807) is 11.8 Å². The Morgan fingerprint density at radius 1 is 1.03 bits per heavy atom. The van der Waals surface area contributed by atoms with Crippen LogP contribution in [0.1, 0.15) is 46.6 Å². The molecule has 36 heavy (non-hydrogen) atoms. The highest BCUT2D eigenvalue weighted by molar-refractivity contribution is 5.66. The Kier molecular flexibility index (Phi) is 9.54. The Morgan fingerprint density at radius 2 is 1.67 bits per heavy atom. The summed E-state index contributed by atoms with van der Waals surface area (Å²) >= 11 is 0. The number of para-hydroxylation sites is 2. The molecule has 0 bridgehead atoms. The van der Waals surface area contributed by atoms with Crippen LogP contribution in [0.15, 0.2) is 54.6 Å². The number of methoxy groups -OCH3 is 1. The number of hydrogen-bond donors (Lipinski definition) is 1. The van der Waals surface area contributed by atoms with E-state index >= 15 is 0 Å². The van der Waals surface area contributed by atoms with Crippen molar-refractivity contribution in [2.75, 3.05) is 20.3 Å². The van der Waals surface area contributed by atoms with Gasteiger partial charge in [0.1, 0.15) is 5.69 Å². The molecule has 2 aromatic carbocycles. The van der Waals surface area contributed by atoms with Gasteiger partial charge in [0.05, 0.1) is 31.0 Å². The fourth-order valence-corrected chi connectivity index (χ4v) is 3.99. The molecule has 2 atom stereocenters. The molecule has 0 aliphatic rings. The molecule has 3 aromatic rings. The van der Waals surface area contributed by atoms with Crippen molar-refractivity contribution in [3.63, 3.8) is 0 Å². The number of ether oxygens (including phenoxy) is 3. The summed E-state index contributed by atoms with van der Waals surface area (Å²) in [4.78, 5) is 2.27. The van der Waals surface area contributed by atoms with Crippen molar-refractivity contribution < 1.29 is 19.3 Å². The first kappa shape index (κ1) is 27.7. The largest absolute Gasteiger partial charge is 0.493 e. The van der Waals surface area contributed by atoms with Gasteiger partial charge in [-0.25, -0.2) is 4.68 Å². The zero-order valence-electron chi connectivity index (χ0n) is 22.7. The summed E-state index contributed by atoms with van der Waals surface area (Å²) < 4.78 is 19.6. The lowest BCUT2D eigenvalue weighted by atomic mass is 10.1. The predicted molar refractivity (Wildman–Crippen MR) is 144 cm³/mol. The van der Waals surface area contributed by atoms with Gasteiger partial charge in [0.25, 0.3) is 0 Å². The van der Waals surface area contributed by atoms with E-state index in [1.165, 1.54) is 0 Å². The van der Waals surface area contributed by atoms with Gasteiger partial charge in [-0.1, -0.05) is 49.4 Å². The van der Waals surface area contributed by atoms with E-state index < -0.39 is 6.10 Å². The minimum absolute atomic E-state index is 0.234. The second-order valence-corrected chi connectivity index (χ2v) is 10.1. The maximum atomic E-state index is 10.8. The Morgan fingerprint density at radius 3 is 2.28 bits per heavy atom. The van der Waals surface area contributed by atoms with Crippen molar-refractivity contribution in [2.45, 2.75) is 65.3 Å². The molecule has 7 heteroatoms. The molecular weight excluding hydrogens is 454 g/mol. The van der Waals surface area contributed by atoms with Crippen LogP contribution in [-0.2, 0) is 18.3 Å². The second kappa shape index (κ2) is 12.4. The molecule has 0 radical (unpaired) electrons. The number of aliphatic hydroxyl groups is 1. The van der Waals surface area contributed by atoms with Crippen LogP contribution in [0.25, 0.3) is 11.3 Å². The standard InChI is InChI=1S/C29H41N3O4/c1-8-21(2)32(18-23(33)20-35-29(3,4)5)19-24-27(22-14-10-9-11-15-22)30-31(6)28(24)36-26-17-13-12-16-25(26)34-7/h9-17,21,23,33H,8,18-20H2,1-7H3. The number of benzene rings is 2. The third kappa shape index (κ3) is 7.32. The molecule has 1 aromatic heterocycles. The van der Waals surface area contributed by atoms with Gasteiger partial charge in [-0.2, -0.15) is 5.10 Å². The SMILES string of the molecule is CCC(C)N(Cc1c(-c2ccccc2)nn(C)c1Oc1ccccc1OC)CC(O)COC(C)(C)C. The molecule has 7 nitrogen and oxygen atoms in total. The molecule has 0 fully saturated rings. The van der Waals surface area contributed by atoms with Gasteiger partial charge in [0.2, 0.25) is 5.88 Å². The summed E-state index contributed by atoms with van der Waals surface area (Å²) in [5, 5.41) is 15.7. The fourth-order valence-electron chi connectivity index (χ4n) is 3.99. The van der Waals surface area contributed by atoms with Crippen molar-refractivity contribution in [1.29, 1.82) is 0 Å². The molecule has 2 unspecified atom stereocenters. The zero-order valence-corrected chi connectivity index (χ0v) is 22.7.